The molecule has 1 aliphatic rings. The van der Waals surface area contributed by atoms with Gasteiger partial charge in [0, 0.05) is 26.2 Å². The summed E-state index contributed by atoms with van der Waals surface area (Å²) in [6, 6.07) is 15.4. The van der Waals surface area contributed by atoms with Gasteiger partial charge in [-0.25, -0.2) is 4.68 Å². The van der Waals surface area contributed by atoms with E-state index in [1.54, 1.807) is 6.20 Å². The molecular formula is C25H25F3N6. The molecule has 2 aromatic carbocycles. The fourth-order valence-corrected chi connectivity index (χ4v) is 4.18. The van der Waals surface area contributed by atoms with Crippen molar-refractivity contribution in [3.63, 3.8) is 0 Å². The molecule has 0 saturated carbocycles. The number of aryl methyl sites for hydroxylation is 2. The van der Waals surface area contributed by atoms with Crippen LogP contribution in [0.1, 0.15) is 29.5 Å². The lowest BCUT2D eigenvalue weighted by molar-refractivity contribution is -0.137. The third-order valence-electron chi connectivity index (χ3n) is 6.07. The number of fused-ring (bicyclic) bond motifs is 1. The van der Waals surface area contributed by atoms with Crippen molar-refractivity contribution in [2.75, 3.05) is 23.3 Å². The van der Waals surface area contributed by atoms with Crippen molar-refractivity contribution >= 4 is 22.8 Å². The van der Waals surface area contributed by atoms with Crippen LogP contribution < -0.4 is 10.2 Å². The lowest BCUT2D eigenvalue weighted by Crippen LogP contribution is -2.21. The molecule has 0 atom stereocenters. The molecule has 0 spiro atoms. The van der Waals surface area contributed by atoms with E-state index >= 15 is 0 Å². The molecule has 6 nitrogen and oxygen atoms in total. The highest BCUT2D eigenvalue weighted by Crippen LogP contribution is 2.30. The average molecular weight is 467 g/mol. The predicted octanol–water partition coefficient (Wildman–Crippen LogP) is 5.30. The van der Waals surface area contributed by atoms with E-state index in [4.69, 9.17) is 9.97 Å². The van der Waals surface area contributed by atoms with Crippen LogP contribution in [0.25, 0.3) is 11.0 Å². The quantitative estimate of drug-likeness (QED) is 0.401. The SMILES string of the molecule is FC(F)(F)c1ccc(CNc2nc(N3CCCC3)nc3c2cnn3CCc2ccccc2)cc1. The summed E-state index contributed by atoms with van der Waals surface area (Å²) in [6.45, 7) is 2.84. The van der Waals surface area contributed by atoms with Gasteiger partial charge in [0.15, 0.2) is 5.65 Å². The molecule has 0 aliphatic carbocycles. The minimum atomic E-state index is -4.34. The van der Waals surface area contributed by atoms with Crippen molar-refractivity contribution in [2.45, 2.75) is 38.5 Å². The first-order valence-corrected chi connectivity index (χ1v) is 11.4. The van der Waals surface area contributed by atoms with Crippen LogP contribution in [0.5, 0.6) is 0 Å². The Bertz CT molecular complexity index is 1250. The summed E-state index contributed by atoms with van der Waals surface area (Å²) in [5, 5.41) is 8.66. The van der Waals surface area contributed by atoms with Gasteiger partial charge >= 0.3 is 6.18 Å². The summed E-state index contributed by atoms with van der Waals surface area (Å²) < 4.78 is 40.5. The van der Waals surface area contributed by atoms with Crippen LogP contribution in [0.3, 0.4) is 0 Å². The summed E-state index contributed by atoms with van der Waals surface area (Å²) in [4.78, 5) is 11.8. The lowest BCUT2D eigenvalue weighted by atomic mass is 10.1. The predicted molar refractivity (Wildman–Crippen MR) is 126 cm³/mol. The first-order chi connectivity index (χ1) is 16.5. The molecule has 0 bridgehead atoms. The van der Waals surface area contributed by atoms with Crippen LogP contribution in [0.2, 0.25) is 0 Å². The number of alkyl halides is 3. The second-order valence-electron chi connectivity index (χ2n) is 8.46. The first-order valence-electron chi connectivity index (χ1n) is 11.4. The van der Waals surface area contributed by atoms with Gasteiger partial charge in [0.1, 0.15) is 5.82 Å². The Morgan fingerprint density at radius 2 is 1.62 bits per heavy atom. The smallest absolute Gasteiger partial charge is 0.365 e. The second kappa shape index (κ2) is 9.32. The number of halogens is 3. The van der Waals surface area contributed by atoms with E-state index in [9.17, 15) is 13.2 Å². The van der Waals surface area contributed by atoms with Gasteiger partial charge in [-0.3, -0.25) is 0 Å². The number of anilines is 2. The molecule has 5 rings (SSSR count). The van der Waals surface area contributed by atoms with E-state index in [-0.39, 0.29) is 0 Å². The molecule has 1 saturated heterocycles. The summed E-state index contributed by atoms with van der Waals surface area (Å²) in [5.74, 6) is 1.29. The Balaban J connectivity index is 1.41. The number of nitrogens with zero attached hydrogens (tertiary/aromatic N) is 5. The third kappa shape index (κ3) is 4.83. The molecular weight excluding hydrogens is 441 g/mol. The van der Waals surface area contributed by atoms with E-state index in [1.165, 1.54) is 17.7 Å². The number of hydrogen-bond donors (Lipinski definition) is 1. The maximum Gasteiger partial charge on any atom is 0.416 e. The molecule has 2 aromatic heterocycles. The number of hydrogen-bond acceptors (Lipinski definition) is 5. The van der Waals surface area contributed by atoms with Gasteiger partial charge < -0.3 is 10.2 Å². The molecule has 3 heterocycles. The fraction of sp³-hybridized carbons (Fsp3) is 0.320. The normalized spacial score (nSPS) is 14.1. The van der Waals surface area contributed by atoms with Gasteiger partial charge in [-0.2, -0.15) is 28.2 Å². The van der Waals surface area contributed by atoms with Crippen molar-refractivity contribution in [1.29, 1.82) is 0 Å². The molecule has 9 heteroatoms. The summed E-state index contributed by atoms with van der Waals surface area (Å²) >= 11 is 0. The van der Waals surface area contributed by atoms with E-state index in [1.807, 2.05) is 22.9 Å². The van der Waals surface area contributed by atoms with E-state index < -0.39 is 11.7 Å². The highest BCUT2D eigenvalue weighted by molar-refractivity contribution is 5.87. The van der Waals surface area contributed by atoms with E-state index in [0.717, 1.165) is 61.1 Å². The highest BCUT2D eigenvalue weighted by atomic mass is 19.4. The van der Waals surface area contributed by atoms with Crippen LogP contribution >= 0.6 is 0 Å². The molecule has 0 unspecified atom stereocenters. The van der Waals surface area contributed by atoms with Crippen molar-refractivity contribution in [3.05, 3.63) is 77.5 Å². The van der Waals surface area contributed by atoms with Gasteiger partial charge in [0.25, 0.3) is 0 Å². The Kier molecular flexibility index (Phi) is 6.08. The standard InChI is InChI=1S/C25H25F3N6/c26-25(27,28)20-10-8-19(9-11-20)16-29-22-21-17-30-34(15-12-18-6-2-1-3-7-18)23(21)32-24(31-22)33-13-4-5-14-33/h1-3,6-11,17H,4-5,12-16H2,(H,29,31,32). The van der Waals surface area contributed by atoms with Crippen LogP contribution in [-0.4, -0.2) is 32.8 Å². The van der Waals surface area contributed by atoms with Crippen molar-refractivity contribution in [3.8, 4) is 0 Å². The van der Waals surface area contributed by atoms with Crippen LogP contribution in [0.15, 0.2) is 60.8 Å². The Hall–Kier alpha value is -3.62. The number of benzene rings is 2. The van der Waals surface area contributed by atoms with Crippen molar-refractivity contribution in [1.82, 2.24) is 19.7 Å². The Labute approximate surface area is 195 Å². The monoisotopic (exact) mass is 466 g/mol. The Morgan fingerprint density at radius 3 is 2.32 bits per heavy atom. The largest absolute Gasteiger partial charge is 0.416 e. The minimum absolute atomic E-state index is 0.346. The maximum atomic E-state index is 12.9. The first kappa shape index (κ1) is 22.2. The molecule has 0 radical (unpaired) electrons. The van der Waals surface area contributed by atoms with Gasteiger partial charge in [-0.15, -0.1) is 0 Å². The van der Waals surface area contributed by atoms with Gasteiger partial charge in [-0.1, -0.05) is 42.5 Å². The van der Waals surface area contributed by atoms with E-state index in [0.29, 0.717) is 24.9 Å². The zero-order valence-electron chi connectivity index (χ0n) is 18.6. The molecule has 34 heavy (non-hydrogen) atoms. The van der Waals surface area contributed by atoms with Crippen molar-refractivity contribution < 1.29 is 13.2 Å². The lowest BCUT2D eigenvalue weighted by Gasteiger charge is -2.17. The average Bonchev–Trinajstić information content (AvgIpc) is 3.52. The van der Waals surface area contributed by atoms with Gasteiger partial charge in [-0.05, 0) is 42.5 Å². The summed E-state index contributed by atoms with van der Waals surface area (Å²) in [6.07, 6.45) is 0.438. The Morgan fingerprint density at radius 1 is 0.882 bits per heavy atom. The molecule has 1 aliphatic heterocycles. The van der Waals surface area contributed by atoms with Crippen LogP contribution in [0, 0.1) is 0 Å². The van der Waals surface area contributed by atoms with E-state index in [2.05, 4.69) is 27.4 Å². The van der Waals surface area contributed by atoms with Crippen LogP contribution in [-0.2, 0) is 25.7 Å². The maximum absolute atomic E-state index is 12.9. The van der Waals surface area contributed by atoms with Crippen molar-refractivity contribution in [2.24, 2.45) is 0 Å². The molecule has 1 fully saturated rings. The zero-order chi connectivity index (χ0) is 23.5. The summed E-state index contributed by atoms with van der Waals surface area (Å²) in [5.41, 5.74) is 2.05. The fourth-order valence-electron chi connectivity index (χ4n) is 4.18. The van der Waals surface area contributed by atoms with Crippen LogP contribution in [0.4, 0.5) is 24.9 Å². The number of nitrogens with one attached hydrogen (secondary N) is 1. The number of aromatic nitrogens is 4. The summed E-state index contributed by atoms with van der Waals surface area (Å²) in [7, 11) is 0. The van der Waals surface area contributed by atoms with Gasteiger partial charge in [0.05, 0.1) is 17.1 Å². The zero-order valence-corrected chi connectivity index (χ0v) is 18.6. The minimum Gasteiger partial charge on any atom is -0.365 e. The molecule has 0 amide bonds. The third-order valence-corrected chi connectivity index (χ3v) is 6.07. The molecule has 176 valence electrons. The second-order valence-corrected chi connectivity index (χ2v) is 8.46. The number of rotatable bonds is 7. The highest BCUT2D eigenvalue weighted by Gasteiger charge is 2.30. The van der Waals surface area contributed by atoms with Gasteiger partial charge in [0.2, 0.25) is 5.95 Å². The molecule has 4 aromatic rings. The topological polar surface area (TPSA) is 58.9 Å². The molecule has 1 N–H and O–H groups in total.